The Morgan fingerprint density at radius 2 is 1.91 bits per heavy atom. The normalized spacial score (nSPS) is 15.9. The monoisotopic (exact) mass is 489 g/mol. The van der Waals surface area contributed by atoms with Gasteiger partial charge in [-0.2, -0.15) is 18.4 Å². The Labute approximate surface area is 194 Å². The zero-order valence-electron chi connectivity index (χ0n) is 17.1. The molecule has 1 atom stereocenters. The molecular formula is C23H13ClF5N5. The zero-order chi connectivity index (χ0) is 24.2. The van der Waals surface area contributed by atoms with Gasteiger partial charge in [-0.05, 0) is 42.3 Å². The lowest BCUT2D eigenvalue weighted by Crippen LogP contribution is -2.38. The maximum atomic E-state index is 15.2. The van der Waals surface area contributed by atoms with E-state index in [9.17, 15) is 17.6 Å². The van der Waals surface area contributed by atoms with Crippen LogP contribution in [0.15, 0.2) is 42.6 Å². The predicted molar refractivity (Wildman–Crippen MR) is 114 cm³/mol. The summed E-state index contributed by atoms with van der Waals surface area (Å²) in [5.74, 6) is -2.90. The van der Waals surface area contributed by atoms with Gasteiger partial charge >= 0.3 is 6.18 Å². The number of alkyl halides is 3. The van der Waals surface area contributed by atoms with Gasteiger partial charge in [0.25, 0.3) is 0 Å². The standard InChI is InChI=1S/C23H13ClF5N5/c24-12-2-4-16-15(9-12)13-6-8-34(22-31-7-5-17(33-22)23(27,28)29)21(20(13)32-16)14-3-1-11(10-30)18(25)19(14)26/h1-5,7,9,21,32H,6,8H2. The summed E-state index contributed by atoms with van der Waals surface area (Å²) in [5.41, 5.74) is 0.0961. The van der Waals surface area contributed by atoms with Crippen LogP contribution in [0, 0.1) is 23.0 Å². The molecule has 0 spiro atoms. The Bertz CT molecular complexity index is 1470. The molecule has 11 heteroatoms. The molecule has 0 saturated carbocycles. The second-order valence-electron chi connectivity index (χ2n) is 7.73. The topological polar surface area (TPSA) is 68.6 Å². The fourth-order valence-corrected chi connectivity index (χ4v) is 4.48. The number of benzene rings is 2. The summed E-state index contributed by atoms with van der Waals surface area (Å²) >= 11 is 6.14. The Kier molecular flexibility index (Phi) is 5.17. The molecular weight excluding hydrogens is 477 g/mol. The highest BCUT2D eigenvalue weighted by Crippen LogP contribution is 2.42. The fourth-order valence-electron chi connectivity index (χ4n) is 4.31. The number of nitriles is 1. The van der Waals surface area contributed by atoms with Crippen LogP contribution in [0.2, 0.25) is 5.02 Å². The highest BCUT2D eigenvalue weighted by molar-refractivity contribution is 6.31. The van der Waals surface area contributed by atoms with Crippen LogP contribution < -0.4 is 4.90 Å². The van der Waals surface area contributed by atoms with Crippen molar-refractivity contribution in [3.63, 3.8) is 0 Å². The summed E-state index contributed by atoms with van der Waals surface area (Å²) < 4.78 is 69.7. The molecule has 0 bridgehead atoms. The molecule has 1 unspecified atom stereocenters. The Morgan fingerprint density at radius 3 is 2.65 bits per heavy atom. The van der Waals surface area contributed by atoms with Gasteiger partial charge in [-0.3, -0.25) is 0 Å². The number of halogens is 6. The lowest BCUT2D eigenvalue weighted by Gasteiger charge is -2.36. The molecule has 172 valence electrons. The largest absolute Gasteiger partial charge is 0.433 e. The first-order valence-electron chi connectivity index (χ1n) is 10.0. The van der Waals surface area contributed by atoms with Crippen LogP contribution >= 0.6 is 11.6 Å². The minimum Gasteiger partial charge on any atom is -0.356 e. The average Bonchev–Trinajstić information content (AvgIpc) is 3.18. The highest BCUT2D eigenvalue weighted by Gasteiger charge is 2.38. The first-order chi connectivity index (χ1) is 16.2. The third-order valence-corrected chi connectivity index (χ3v) is 6.04. The predicted octanol–water partition coefficient (Wildman–Crippen LogP) is 5.93. The van der Waals surface area contributed by atoms with E-state index in [1.165, 1.54) is 11.0 Å². The third kappa shape index (κ3) is 3.53. The number of anilines is 1. The molecule has 0 saturated heterocycles. The second-order valence-corrected chi connectivity index (χ2v) is 8.17. The van der Waals surface area contributed by atoms with Gasteiger partial charge in [0.05, 0.1) is 5.56 Å². The fraction of sp³-hybridized carbons (Fsp3) is 0.174. The van der Waals surface area contributed by atoms with E-state index in [0.29, 0.717) is 22.7 Å². The molecule has 1 N–H and O–H groups in total. The first-order valence-corrected chi connectivity index (χ1v) is 10.4. The smallest absolute Gasteiger partial charge is 0.356 e. The van der Waals surface area contributed by atoms with Crippen LogP contribution in [-0.4, -0.2) is 21.5 Å². The van der Waals surface area contributed by atoms with Crippen LogP contribution in [0.1, 0.15) is 34.1 Å². The quantitative estimate of drug-likeness (QED) is 0.354. The maximum absolute atomic E-state index is 15.2. The number of H-pyrrole nitrogens is 1. The van der Waals surface area contributed by atoms with Crippen molar-refractivity contribution in [1.29, 1.82) is 5.26 Å². The van der Waals surface area contributed by atoms with Crippen molar-refractivity contribution >= 4 is 28.5 Å². The molecule has 0 aliphatic carbocycles. The highest BCUT2D eigenvalue weighted by atomic mass is 35.5. The average molecular weight is 490 g/mol. The number of hydrogen-bond acceptors (Lipinski definition) is 4. The molecule has 5 rings (SSSR count). The number of fused-ring (bicyclic) bond motifs is 3. The molecule has 3 heterocycles. The molecule has 0 radical (unpaired) electrons. The van der Waals surface area contributed by atoms with Gasteiger partial charge in [-0.25, -0.2) is 18.7 Å². The minimum atomic E-state index is -4.71. The number of aromatic amines is 1. The summed E-state index contributed by atoms with van der Waals surface area (Å²) in [6, 6.07) is 8.74. The summed E-state index contributed by atoms with van der Waals surface area (Å²) in [4.78, 5) is 12.2. The molecule has 1 aliphatic rings. The van der Waals surface area contributed by atoms with Gasteiger partial charge < -0.3 is 9.88 Å². The summed E-state index contributed by atoms with van der Waals surface area (Å²) in [5, 5.41) is 10.3. The van der Waals surface area contributed by atoms with Gasteiger partial charge in [0.15, 0.2) is 11.6 Å². The van der Waals surface area contributed by atoms with E-state index in [4.69, 9.17) is 16.9 Å². The van der Waals surface area contributed by atoms with E-state index < -0.39 is 35.1 Å². The van der Waals surface area contributed by atoms with Crippen molar-refractivity contribution in [2.45, 2.75) is 18.6 Å². The number of nitrogens with zero attached hydrogens (tertiary/aromatic N) is 4. The van der Waals surface area contributed by atoms with Crippen molar-refractivity contribution in [2.75, 3.05) is 11.4 Å². The number of nitrogens with one attached hydrogen (secondary N) is 1. The van der Waals surface area contributed by atoms with Crippen LogP contribution in [0.3, 0.4) is 0 Å². The molecule has 0 amide bonds. The van der Waals surface area contributed by atoms with E-state index in [2.05, 4.69) is 15.0 Å². The van der Waals surface area contributed by atoms with Crippen LogP contribution in [0.4, 0.5) is 27.9 Å². The first kappa shape index (κ1) is 22.1. The van der Waals surface area contributed by atoms with Crippen molar-refractivity contribution in [1.82, 2.24) is 15.0 Å². The lowest BCUT2D eigenvalue weighted by molar-refractivity contribution is -0.141. The van der Waals surface area contributed by atoms with Gasteiger partial charge in [0, 0.05) is 39.9 Å². The van der Waals surface area contributed by atoms with Crippen LogP contribution in [0.25, 0.3) is 10.9 Å². The van der Waals surface area contributed by atoms with Crippen molar-refractivity contribution in [3.8, 4) is 6.07 Å². The molecule has 5 nitrogen and oxygen atoms in total. The molecule has 2 aromatic heterocycles. The molecule has 2 aromatic carbocycles. The van der Waals surface area contributed by atoms with Gasteiger partial charge in [0.1, 0.15) is 17.8 Å². The number of rotatable bonds is 2. The van der Waals surface area contributed by atoms with Crippen molar-refractivity contribution < 1.29 is 22.0 Å². The minimum absolute atomic E-state index is 0.125. The van der Waals surface area contributed by atoms with Gasteiger partial charge in [0.2, 0.25) is 5.95 Å². The van der Waals surface area contributed by atoms with E-state index in [1.807, 2.05) is 0 Å². The van der Waals surface area contributed by atoms with Crippen LogP contribution in [0.5, 0.6) is 0 Å². The Morgan fingerprint density at radius 1 is 1.12 bits per heavy atom. The third-order valence-electron chi connectivity index (χ3n) is 5.81. The SMILES string of the molecule is N#Cc1ccc(C2c3[nH]c4ccc(Cl)cc4c3CCN2c2nccc(C(F)(F)F)n2)c(F)c1F. The number of aromatic nitrogens is 3. The molecule has 1 aliphatic heterocycles. The lowest BCUT2D eigenvalue weighted by atomic mass is 9.91. The number of hydrogen-bond donors (Lipinski definition) is 1. The zero-order valence-corrected chi connectivity index (χ0v) is 17.8. The molecule has 34 heavy (non-hydrogen) atoms. The molecule has 0 fully saturated rings. The van der Waals surface area contributed by atoms with Gasteiger partial charge in [-0.1, -0.05) is 17.7 Å². The van der Waals surface area contributed by atoms with E-state index in [0.717, 1.165) is 29.3 Å². The van der Waals surface area contributed by atoms with E-state index >= 15 is 4.39 Å². The molecule has 4 aromatic rings. The maximum Gasteiger partial charge on any atom is 0.433 e. The van der Waals surface area contributed by atoms with E-state index in [1.54, 1.807) is 24.3 Å². The summed E-state index contributed by atoms with van der Waals surface area (Å²) in [7, 11) is 0. The Hall–Kier alpha value is -3.71. The Balaban J connectivity index is 1.75. The summed E-state index contributed by atoms with van der Waals surface area (Å²) in [6.45, 7) is 0.125. The van der Waals surface area contributed by atoms with Crippen molar-refractivity contribution in [3.05, 3.63) is 87.3 Å². The second kappa shape index (κ2) is 7.95. The summed E-state index contributed by atoms with van der Waals surface area (Å²) in [6.07, 6.45) is -3.37. The van der Waals surface area contributed by atoms with Crippen molar-refractivity contribution in [2.24, 2.45) is 0 Å². The van der Waals surface area contributed by atoms with E-state index in [-0.39, 0.29) is 18.1 Å². The van der Waals surface area contributed by atoms with Gasteiger partial charge in [-0.15, -0.1) is 0 Å². The van der Waals surface area contributed by atoms with Crippen LogP contribution in [-0.2, 0) is 12.6 Å².